The van der Waals surface area contributed by atoms with E-state index in [4.69, 9.17) is 4.74 Å². The quantitative estimate of drug-likeness (QED) is 0.752. The molecule has 0 atom stereocenters. The van der Waals surface area contributed by atoms with Gasteiger partial charge in [0.05, 0.1) is 12.7 Å². The Bertz CT molecular complexity index is 414. The Kier molecular flexibility index (Phi) is 3.93. The zero-order valence-corrected chi connectivity index (χ0v) is 10.5. The number of hydrogen-bond acceptors (Lipinski definition) is 4. The number of esters is 2. The normalized spacial score (nSPS) is 11.1. The first-order valence-corrected chi connectivity index (χ1v) is 5.28. The van der Waals surface area contributed by atoms with Crippen LogP contribution in [0.1, 0.15) is 31.1 Å². The maximum Gasteiger partial charge on any atom is 0.340 e. The highest BCUT2D eigenvalue weighted by Gasteiger charge is 2.18. The molecule has 0 aliphatic carbocycles. The average molecular weight is 239 g/mol. The highest BCUT2D eigenvalue weighted by molar-refractivity contribution is 5.89. The van der Waals surface area contributed by atoms with Gasteiger partial charge in [-0.1, -0.05) is 0 Å². The molecule has 0 amide bonds. The van der Waals surface area contributed by atoms with Crippen LogP contribution in [0.3, 0.4) is 0 Å². The van der Waals surface area contributed by atoms with E-state index in [0.29, 0.717) is 5.56 Å². The predicted octanol–water partition coefficient (Wildman–Crippen LogP) is 1.62. The largest absolute Gasteiger partial charge is 0.468 e. The van der Waals surface area contributed by atoms with Crippen molar-refractivity contribution >= 4 is 11.9 Å². The maximum absolute atomic E-state index is 11.7. The summed E-state index contributed by atoms with van der Waals surface area (Å²) in [7, 11) is 1.32. The van der Waals surface area contributed by atoms with Crippen LogP contribution in [0.25, 0.3) is 0 Å². The fraction of sp³-hybridized carbons (Fsp3) is 0.500. The van der Waals surface area contributed by atoms with Crippen LogP contribution in [0.4, 0.5) is 0 Å². The Morgan fingerprint density at radius 3 is 2.53 bits per heavy atom. The molecule has 1 aromatic rings. The second-order valence-corrected chi connectivity index (χ2v) is 4.65. The number of hydrogen-bond donors (Lipinski definition) is 0. The predicted molar refractivity (Wildman–Crippen MR) is 61.6 cm³/mol. The second kappa shape index (κ2) is 5.03. The lowest BCUT2D eigenvalue weighted by Crippen LogP contribution is -2.23. The molecule has 0 aliphatic rings. The van der Waals surface area contributed by atoms with Gasteiger partial charge in [0.1, 0.15) is 12.1 Å². The third kappa shape index (κ3) is 4.30. The van der Waals surface area contributed by atoms with E-state index in [1.807, 2.05) is 0 Å². The van der Waals surface area contributed by atoms with E-state index in [0.717, 1.165) is 0 Å². The minimum Gasteiger partial charge on any atom is -0.468 e. The third-order valence-corrected chi connectivity index (χ3v) is 1.92. The summed E-state index contributed by atoms with van der Waals surface area (Å²) >= 11 is 0. The molecule has 1 aromatic heterocycles. The number of aromatic nitrogens is 1. The van der Waals surface area contributed by atoms with Crippen molar-refractivity contribution in [3.63, 3.8) is 0 Å². The lowest BCUT2D eigenvalue weighted by atomic mass is 10.2. The van der Waals surface area contributed by atoms with Crippen molar-refractivity contribution in [2.45, 2.75) is 32.9 Å². The van der Waals surface area contributed by atoms with Crippen LogP contribution in [0.15, 0.2) is 18.5 Å². The highest BCUT2D eigenvalue weighted by atomic mass is 16.6. The number of rotatable bonds is 3. The zero-order chi connectivity index (χ0) is 13.1. The van der Waals surface area contributed by atoms with Crippen LogP contribution < -0.4 is 0 Å². The molecular formula is C12H17NO4. The lowest BCUT2D eigenvalue weighted by molar-refractivity contribution is -0.141. The molecular weight excluding hydrogens is 222 g/mol. The van der Waals surface area contributed by atoms with Crippen molar-refractivity contribution in [2.24, 2.45) is 0 Å². The first kappa shape index (κ1) is 13.3. The molecule has 0 N–H and O–H groups in total. The van der Waals surface area contributed by atoms with Crippen LogP contribution in [-0.2, 0) is 20.8 Å². The number of nitrogens with zero attached hydrogens (tertiary/aromatic N) is 1. The minimum absolute atomic E-state index is 0.0826. The smallest absolute Gasteiger partial charge is 0.340 e. The van der Waals surface area contributed by atoms with Crippen molar-refractivity contribution in [1.29, 1.82) is 0 Å². The molecule has 0 fully saturated rings. The molecule has 0 bridgehead atoms. The lowest BCUT2D eigenvalue weighted by Gasteiger charge is -2.18. The second-order valence-electron chi connectivity index (χ2n) is 4.65. The van der Waals surface area contributed by atoms with Crippen molar-refractivity contribution in [2.75, 3.05) is 7.11 Å². The summed E-state index contributed by atoms with van der Waals surface area (Å²) in [6.45, 7) is 5.49. The summed E-state index contributed by atoms with van der Waals surface area (Å²) in [6, 6.07) is 1.61. The van der Waals surface area contributed by atoms with Gasteiger partial charge in [-0.05, 0) is 26.8 Å². The molecule has 0 radical (unpaired) electrons. The van der Waals surface area contributed by atoms with E-state index in [-0.39, 0.29) is 12.5 Å². The summed E-state index contributed by atoms with van der Waals surface area (Å²) in [5, 5.41) is 0. The standard InChI is InChI=1S/C12H17NO4/c1-12(2,3)17-11(15)9-5-6-13(7-9)8-10(14)16-4/h5-7H,8H2,1-4H3. The highest BCUT2D eigenvalue weighted by Crippen LogP contribution is 2.12. The molecule has 0 saturated carbocycles. The molecule has 1 rings (SSSR count). The van der Waals surface area contributed by atoms with Crippen molar-refractivity contribution < 1.29 is 19.1 Å². The summed E-state index contributed by atoms with van der Waals surface area (Å²) < 4.78 is 11.3. The van der Waals surface area contributed by atoms with Gasteiger partial charge in [0, 0.05) is 12.4 Å². The Morgan fingerprint density at radius 1 is 1.35 bits per heavy atom. The summed E-state index contributed by atoms with van der Waals surface area (Å²) in [6.07, 6.45) is 3.20. The Morgan fingerprint density at radius 2 is 2.00 bits per heavy atom. The van der Waals surface area contributed by atoms with Gasteiger partial charge >= 0.3 is 11.9 Å². The van der Waals surface area contributed by atoms with Crippen LogP contribution in [-0.4, -0.2) is 29.2 Å². The van der Waals surface area contributed by atoms with E-state index in [9.17, 15) is 9.59 Å². The van der Waals surface area contributed by atoms with Gasteiger partial charge in [0.2, 0.25) is 0 Å². The van der Waals surface area contributed by atoms with Gasteiger partial charge in [0.25, 0.3) is 0 Å². The molecule has 5 nitrogen and oxygen atoms in total. The SMILES string of the molecule is COC(=O)Cn1ccc(C(=O)OC(C)(C)C)c1. The molecule has 1 heterocycles. The van der Waals surface area contributed by atoms with Gasteiger partial charge in [-0.2, -0.15) is 0 Å². The number of carbonyl (C=O) groups is 2. The minimum atomic E-state index is -0.526. The maximum atomic E-state index is 11.7. The van der Waals surface area contributed by atoms with Gasteiger partial charge in [-0.15, -0.1) is 0 Å². The third-order valence-electron chi connectivity index (χ3n) is 1.92. The Balaban J connectivity index is 2.68. The van der Waals surface area contributed by atoms with E-state index >= 15 is 0 Å². The van der Waals surface area contributed by atoms with Crippen molar-refractivity contribution in [3.05, 3.63) is 24.0 Å². The molecule has 17 heavy (non-hydrogen) atoms. The van der Waals surface area contributed by atoms with Crippen molar-refractivity contribution in [3.8, 4) is 0 Å². The molecule has 0 unspecified atom stereocenters. The number of ether oxygens (including phenoxy) is 2. The fourth-order valence-corrected chi connectivity index (χ4v) is 1.21. The van der Waals surface area contributed by atoms with E-state index in [1.165, 1.54) is 7.11 Å². The van der Waals surface area contributed by atoms with Crippen LogP contribution >= 0.6 is 0 Å². The average Bonchev–Trinajstić information content (AvgIpc) is 2.63. The van der Waals surface area contributed by atoms with E-state index in [2.05, 4.69) is 4.74 Å². The van der Waals surface area contributed by atoms with E-state index < -0.39 is 11.6 Å². The summed E-state index contributed by atoms with van der Waals surface area (Å²) in [4.78, 5) is 22.7. The first-order chi connectivity index (χ1) is 7.81. The monoisotopic (exact) mass is 239 g/mol. The molecule has 0 spiro atoms. The molecule has 0 saturated heterocycles. The number of carbonyl (C=O) groups excluding carboxylic acids is 2. The Hall–Kier alpha value is -1.78. The van der Waals surface area contributed by atoms with Gasteiger partial charge in [0.15, 0.2) is 0 Å². The summed E-state index contributed by atoms with van der Waals surface area (Å²) in [5.74, 6) is -0.766. The molecule has 94 valence electrons. The van der Waals surface area contributed by atoms with Crippen LogP contribution in [0, 0.1) is 0 Å². The molecule has 5 heteroatoms. The number of methoxy groups -OCH3 is 1. The fourth-order valence-electron chi connectivity index (χ4n) is 1.21. The zero-order valence-electron chi connectivity index (χ0n) is 10.5. The van der Waals surface area contributed by atoms with Crippen LogP contribution in [0.5, 0.6) is 0 Å². The molecule has 0 aromatic carbocycles. The first-order valence-electron chi connectivity index (χ1n) is 5.28. The molecule has 0 aliphatic heterocycles. The summed E-state index contributed by atoms with van der Waals surface area (Å²) in [5.41, 5.74) is -0.106. The van der Waals surface area contributed by atoms with Crippen LogP contribution in [0.2, 0.25) is 0 Å². The van der Waals surface area contributed by atoms with E-state index in [1.54, 1.807) is 43.8 Å². The van der Waals surface area contributed by atoms with Gasteiger partial charge in [-0.3, -0.25) is 4.79 Å². The Labute approximate surface area is 100 Å². The van der Waals surface area contributed by atoms with Gasteiger partial charge < -0.3 is 14.0 Å². The van der Waals surface area contributed by atoms with Crippen molar-refractivity contribution in [1.82, 2.24) is 4.57 Å². The topological polar surface area (TPSA) is 57.5 Å². The van der Waals surface area contributed by atoms with Gasteiger partial charge in [-0.25, -0.2) is 4.79 Å².